The van der Waals surface area contributed by atoms with Crippen LogP contribution in [0.2, 0.25) is 0 Å². The van der Waals surface area contributed by atoms with Crippen molar-refractivity contribution in [3.8, 4) is 0 Å². The largest absolute Gasteiger partial charge is 0.452 e. The predicted molar refractivity (Wildman–Crippen MR) is 128 cm³/mol. The minimum absolute atomic E-state index is 0.103. The lowest BCUT2D eigenvalue weighted by Crippen LogP contribution is -2.42. The van der Waals surface area contributed by atoms with E-state index in [-0.39, 0.29) is 24.1 Å². The highest BCUT2D eigenvalue weighted by atomic mass is 16.5. The SMILES string of the molecule is C[C@@H](NC(=O)COC(=O)c1ccccc1N=Nc1ccc(N(C)C)cc1)[C@H]1C[C@@H]2CC[C@@H]1C2. The Labute approximate surface area is 195 Å². The van der Waals surface area contributed by atoms with Crippen molar-refractivity contribution in [1.82, 2.24) is 5.32 Å². The number of benzene rings is 2. The maximum Gasteiger partial charge on any atom is 0.340 e. The lowest BCUT2D eigenvalue weighted by molar-refractivity contribution is -0.125. The Bertz CT molecular complexity index is 1020. The first-order valence-corrected chi connectivity index (χ1v) is 11.7. The van der Waals surface area contributed by atoms with Crippen molar-refractivity contribution in [2.45, 2.75) is 38.6 Å². The van der Waals surface area contributed by atoms with Crippen LogP contribution in [0.25, 0.3) is 0 Å². The molecule has 2 fully saturated rings. The van der Waals surface area contributed by atoms with Crippen LogP contribution in [-0.4, -0.2) is 38.6 Å². The summed E-state index contributed by atoms with van der Waals surface area (Å²) in [6.07, 6.45) is 5.10. The fourth-order valence-electron chi connectivity index (χ4n) is 5.18. The van der Waals surface area contributed by atoms with E-state index >= 15 is 0 Å². The Morgan fingerprint density at radius 3 is 2.48 bits per heavy atom. The van der Waals surface area contributed by atoms with Crippen molar-refractivity contribution in [2.75, 3.05) is 25.6 Å². The van der Waals surface area contributed by atoms with Crippen LogP contribution in [0.5, 0.6) is 0 Å². The number of ether oxygens (including phenoxy) is 1. The zero-order valence-corrected chi connectivity index (χ0v) is 19.5. The van der Waals surface area contributed by atoms with Gasteiger partial charge in [-0.15, -0.1) is 5.11 Å². The third-order valence-corrected chi connectivity index (χ3v) is 6.92. The lowest BCUT2D eigenvalue weighted by Gasteiger charge is -2.28. The molecule has 2 aromatic rings. The number of rotatable bonds is 8. The summed E-state index contributed by atoms with van der Waals surface area (Å²) in [5.74, 6) is 1.24. The van der Waals surface area contributed by atoms with Gasteiger partial charge in [-0.3, -0.25) is 4.79 Å². The van der Waals surface area contributed by atoms with Crippen LogP contribution in [0, 0.1) is 17.8 Å². The molecule has 4 atom stereocenters. The molecule has 174 valence electrons. The molecule has 0 radical (unpaired) electrons. The second-order valence-corrected chi connectivity index (χ2v) is 9.40. The number of nitrogens with one attached hydrogen (secondary N) is 1. The zero-order chi connectivity index (χ0) is 23.4. The number of carbonyl (C=O) groups is 2. The van der Waals surface area contributed by atoms with E-state index in [0.717, 1.165) is 17.5 Å². The summed E-state index contributed by atoms with van der Waals surface area (Å²) in [6, 6.07) is 14.6. The molecule has 33 heavy (non-hydrogen) atoms. The third-order valence-electron chi connectivity index (χ3n) is 6.92. The maximum atomic E-state index is 12.6. The third kappa shape index (κ3) is 5.59. The summed E-state index contributed by atoms with van der Waals surface area (Å²) in [5, 5.41) is 11.5. The second kappa shape index (κ2) is 10.1. The standard InChI is InChI=1S/C26H32N4O3/c1-17(23-15-18-8-9-19(23)14-18)27-25(31)16-33-26(32)22-6-4-5-7-24(22)29-28-20-10-12-21(13-11-20)30(2)3/h4-7,10-13,17-19,23H,8-9,14-16H2,1-3H3,(H,27,31)/t17-,18-,19-,23-/m1/s1. The normalized spacial score (nSPS) is 22.3. The van der Waals surface area contributed by atoms with Gasteiger partial charge in [0.2, 0.25) is 0 Å². The molecule has 7 heteroatoms. The Hall–Kier alpha value is -3.22. The van der Waals surface area contributed by atoms with Crippen LogP contribution in [0.3, 0.4) is 0 Å². The van der Waals surface area contributed by atoms with Crippen LogP contribution in [-0.2, 0) is 9.53 Å². The number of amides is 1. The van der Waals surface area contributed by atoms with Crippen LogP contribution in [0.1, 0.15) is 43.0 Å². The molecule has 0 aromatic heterocycles. The van der Waals surface area contributed by atoms with Gasteiger partial charge >= 0.3 is 5.97 Å². The quantitative estimate of drug-likeness (QED) is 0.441. The van der Waals surface area contributed by atoms with Gasteiger partial charge in [0, 0.05) is 25.8 Å². The highest BCUT2D eigenvalue weighted by molar-refractivity contribution is 5.96. The van der Waals surface area contributed by atoms with Crippen LogP contribution in [0.15, 0.2) is 58.8 Å². The van der Waals surface area contributed by atoms with E-state index in [9.17, 15) is 9.59 Å². The van der Waals surface area contributed by atoms with E-state index in [4.69, 9.17) is 4.74 Å². The molecule has 4 rings (SSSR count). The molecule has 2 aliphatic rings. The molecular formula is C26H32N4O3. The first kappa shape index (κ1) is 23.0. The van der Waals surface area contributed by atoms with Crippen LogP contribution >= 0.6 is 0 Å². The zero-order valence-electron chi connectivity index (χ0n) is 19.5. The summed E-state index contributed by atoms with van der Waals surface area (Å²) in [7, 11) is 3.94. The van der Waals surface area contributed by atoms with Crippen LogP contribution in [0.4, 0.5) is 17.1 Å². The van der Waals surface area contributed by atoms with Gasteiger partial charge in [0.05, 0.1) is 11.3 Å². The average Bonchev–Trinajstić information content (AvgIpc) is 3.45. The second-order valence-electron chi connectivity index (χ2n) is 9.40. The fourth-order valence-corrected chi connectivity index (χ4v) is 5.18. The van der Waals surface area contributed by atoms with E-state index in [1.54, 1.807) is 24.3 Å². The van der Waals surface area contributed by atoms with Gasteiger partial charge in [0.15, 0.2) is 6.61 Å². The molecule has 2 saturated carbocycles. The molecule has 2 aliphatic carbocycles. The van der Waals surface area contributed by atoms with Gasteiger partial charge in [-0.05, 0) is 80.3 Å². The predicted octanol–water partition coefficient (Wildman–Crippen LogP) is 5.27. The molecule has 1 N–H and O–H groups in total. The average molecular weight is 449 g/mol. The Balaban J connectivity index is 1.32. The van der Waals surface area contributed by atoms with Gasteiger partial charge in [-0.25, -0.2) is 4.79 Å². The molecule has 2 aromatic carbocycles. The van der Waals surface area contributed by atoms with Crippen molar-refractivity contribution in [3.05, 3.63) is 54.1 Å². The minimum Gasteiger partial charge on any atom is -0.452 e. The summed E-state index contributed by atoms with van der Waals surface area (Å²) in [4.78, 5) is 27.0. The molecule has 0 aliphatic heterocycles. The van der Waals surface area contributed by atoms with Crippen molar-refractivity contribution in [1.29, 1.82) is 0 Å². The van der Waals surface area contributed by atoms with E-state index in [1.807, 2.05) is 43.3 Å². The molecule has 1 amide bonds. The number of nitrogens with zero attached hydrogens (tertiary/aromatic N) is 3. The first-order valence-electron chi connectivity index (χ1n) is 11.7. The van der Waals surface area contributed by atoms with Crippen molar-refractivity contribution < 1.29 is 14.3 Å². The smallest absolute Gasteiger partial charge is 0.340 e. The van der Waals surface area contributed by atoms with Gasteiger partial charge < -0.3 is 15.0 Å². The van der Waals surface area contributed by atoms with Crippen molar-refractivity contribution in [3.63, 3.8) is 0 Å². The van der Waals surface area contributed by atoms with Gasteiger partial charge in [0.1, 0.15) is 5.69 Å². The topological polar surface area (TPSA) is 83.4 Å². The van der Waals surface area contributed by atoms with E-state index in [1.165, 1.54) is 25.7 Å². The number of carbonyl (C=O) groups excluding carboxylic acids is 2. The Morgan fingerprint density at radius 1 is 1.06 bits per heavy atom. The Kier molecular flexibility index (Phi) is 7.06. The summed E-state index contributed by atoms with van der Waals surface area (Å²) in [5.41, 5.74) is 2.42. The van der Waals surface area contributed by atoms with E-state index in [0.29, 0.717) is 17.3 Å². The Morgan fingerprint density at radius 2 is 1.82 bits per heavy atom. The molecule has 0 unspecified atom stereocenters. The summed E-state index contributed by atoms with van der Waals surface area (Å²) in [6.45, 7) is 1.76. The monoisotopic (exact) mass is 448 g/mol. The van der Waals surface area contributed by atoms with Gasteiger partial charge in [-0.1, -0.05) is 18.6 Å². The summed E-state index contributed by atoms with van der Waals surface area (Å²) >= 11 is 0. The number of hydrogen-bond acceptors (Lipinski definition) is 6. The number of azo groups is 1. The van der Waals surface area contributed by atoms with Crippen molar-refractivity contribution in [2.24, 2.45) is 28.0 Å². The van der Waals surface area contributed by atoms with Crippen molar-refractivity contribution >= 4 is 28.9 Å². The molecule has 0 heterocycles. The highest BCUT2D eigenvalue weighted by Gasteiger charge is 2.42. The number of esters is 1. The molecular weight excluding hydrogens is 416 g/mol. The highest BCUT2D eigenvalue weighted by Crippen LogP contribution is 2.49. The van der Waals surface area contributed by atoms with E-state index in [2.05, 4.69) is 22.5 Å². The fraction of sp³-hybridized carbons (Fsp3) is 0.462. The maximum absolute atomic E-state index is 12.6. The molecule has 0 saturated heterocycles. The first-order chi connectivity index (χ1) is 15.9. The van der Waals surface area contributed by atoms with E-state index < -0.39 is 5.97 Å². The number of fused-ring (bicyclic) bond motifs is 2. The molecule has 0 spiro atoms. The minimum atomic E-state index is -0.588. The number of anilines is 1. The van der Waals surface area contributed by atoms with Gasteiger partial charge in [-0.2, -0.15) is 5.11 Å². The molecule has 7 nitrogen and oxygen atoms in total. The van der Waals surface area contributed by atoms with Crippen LogP contribution < -0.4 is 10.2 Å². The van der Waals surface area contributed by atoms with Gasteiger partial charge in [0.25, 0.3) is 5.91 Å². The number of hydrogen-bond donors (Lipinski definition) is 1. The lowest BCUT2D eigenvalue weighted by atomic mass is 9.84. The molecule has 2 bridgehead atoms. The summed E-state index contributed by atoms with van der Waals surface area (Å²) < 4.78 is 5.29.